The Morgan fingerprint density at radius 2 is 2.11 bits per heavy atom. The quantitative estimate of drug-likeness (QED) is 0.855. The van der Waals surface area contributed by atoms with Gasteiger partial charge in [0.15, 0.2) is 0 Å². The molecule has 1 aromatic rings. The molecular formula is C15H22N2O. The van der Waals surface area contributed by atoms with Crippen LogP contribution in [0.3, 0.4) is 0 Å². The molecule has 4 rings (SSSR count). The van der Waals surface area contributed by atoms with Crippen LogP contribution in [-0.2, 0) is 6.54 Å². The molecule has 1 atom stereocenters. The van der Waals surface area contributed by atoms with Crippen molar-refractivity contribution in [3.63, 3.8) is 0 Å². The molecule has 3 heteroatoms. The van der Waals surface area contributed by atoms with Crippen LogP contribution in [0.2, 0.25) is 0 Å². The van der Waals surface area contributed by atoms with Crippen molar-refractivity contribution in [2.24, 2.45) is 5.92 Å². The molecule has 0 radical (unpaired) electrons. The predicted octanol–water partition coefficient (Wildman–Crippen LogP) is 1.88. The SMILES string of the molecule is Cc1ccc(O)c(CNC2CN3CCC2CC3)c1. The third-order valence-corrected chi connectivity index (χ3v) is 4.45. The lowest BCUT2D eigenvalue weighted by Crippen LogP contribution is -2.55. The van der Waals surface area contributed by atoms with Crippen LogP contribution in [0.15, 0.2) is 18.2 Å². The number of piperidine rings is 3. The van der Waals surface area contributed by atoms with E-state index in [1.165, 1.54) is 38.0 Å². The van der Waals surface area contributed by atoms with Gasteiger partial charge in [0.2, 0.25) is 0 Å². The highest BCUT2D eigenvalue weighted by atomic mass is 16.3. The Labute approximate surface area is 109 Å². The summed E-state index contributed by atoms with van der Waals surface area (Å²) in [6.07, 6.45) is 2.66. The molecule has 2 N–H and O–H groups in total. The van der Waals surface area contributed by atoms with E-state index in [0.717, 1.165) is 18.0 Å². The van der Waals surface area contributed by atoms with Crippen LogP contribution in [-0.4, -0.2) is 35.7 Å². The Morgan fingerprint density at radius 1 is 1.33 bits per heavy atom. The molecule has 0 amide bonds. The van der Waals surface area contributed by atoms with Gasteiger partial charge in [0.05, 0.1) is 0 Å². The van der Waals surface area contributed by atoms with Crippen molar-refractivity contribution in [3.8, 4) is 5.75 Å². The molecule has 0 aromatic heterocycles. The summed E-state index contributed by atoms with van der Waals surface area (Å²) in [5.74, 6) is 1.25. The number of nitrogens with zero attached hydrogens (tertiary/aromatic N) is 1. The van der Waals surface area contributed by atoms with E-state index in [0.29, 0.717) is 11.8 Å². The number of benzene rings is 1. The normalized spacial score (nSPS) is 30.6. The summed E-state index contributed by atoms with van der Waals surface area (Å²) in [6, 6.07) is 6.42. The molecule has 2 bridgehead atoms. The van der Waals surface area contributed by atoms with Gasteiger partial charge >= 0.3 is 0 Å². The minimum absolute atomic E-state index is 0.411. The van der Waals surface area contributed by atoms with Gasteiger partial charge in [-0.25, -0.2) is 0 Å². The average Bonchev–Trinajstić information content (AvgIpc) is 2.41. The molecule has 3 aliphatic heterocycles. The molecule has 3 saturated heterocycles. The van der Waals surface area contributed by atoms with Crippen molar-refractivity contribution in [1.82, 2.24) is 10.2 Å². The molecule has 18 heavy (non-hydrogen) atoms. The van der Waals surface area contributed by atoms with Gasteiger partial charge in [-0.15, -0.1) is 0 Å². The summed E-state index contributed by atoms with van der Waals surface area (Å²) < 4.78 is 0. The second-order valence-electron chi connectivity index (χ2n) is 5.76. The molecule has 0 aliphatic carbocycles. The molecule has 1 unspecified atom stereocenters. The lowest BCUT2D eigenvalue weighted by molar-refractivity contribution is 0.0719. The molecule has 1 aromatic carbocycles. The molecule has 0 spiro atoms. The number of hydrogen-bond acceptors (Lipinski definition) is 3. The number of phenols is 1. The van der Waals surface area contributed by atoms with Gasteiger partial charge in [-0.05, 0) is 44.8 Å². The smallest absolute Gasteiger partial charge is 0.120 e. The summed E-state index contributed by atoms with van der Waals surface area (Å²) in [4.78, 5) is 2.55. The predicted molar refractivity (Wildman–Crippen MR) is 72.6 cm³/mol. The van der Waals surface area contributed by atoms with Crippen molar-refractivity contribution in [1.29, 1.82) is 0 Å². The summed E-state index contributed by atoms with van der Waals surface area (Å²) in [5, 5.41) is 13.5. The molecule has 3 fully saturated rings. The summed E-state index contributed by atoms with van der Waals surface area (Å²) in [6.45, 7) is 6.58. The molecule has 0 saturated carbocycles. The van der Waals surface area contributed by atoms with Crippen LogP contribution in [0.1, 0.15) is 24.0 Å². The fourth-order valence-corrected chi connectivity index (χ4v) is 3.29. The van der Waals surface area contributed by atoms with Gasteiger partial charge in [0.25, 0.3) is 0 Å². The maximum absolute atomic E-state index is 9.85. The zero-order valence-corrected chi connectivity index (χ0v) is 11.0. The van der Waals surface area contributed by atoms with Crippen LogP contribution < -0.4 is 5.32 Å². The van der Waals surface area contributed by atoms with E-state index in [1.807, 2.05) is 6.07 Å². The lowest BCUT2D eigenvalue weighted by atomic mass is 9.84. The Bertz CT molecular complexity index is 425. The summed E-state index contributed by atoms with van der Waals surface area (Å²) in [7, 11) is 0. The Hall–Kier alpha value is -1.06. The highest BCUT2D eigenvalue weighted by Crippen LogP contribution is 2.28. The number of aryl methyl sites for hydroxylation is 1. The van der Waals surface area contributed by atoms with Gasteiger partial charge in [-0.1, -0.05) is 17.7 Å². The minimum Gasteiger partial charge on any atom is -0.508 e. The first kappa shape index (κ1) is 12.0. The van der Waals surface area contributed by atoms with E-state index in [9.17, 15) is 5.11 Å². The van der Waals surface area contributed by atoms with Crippen LogP contribution >= 0.6 is 0 Å². The second kappa shape index (κ2) is 4.90. The van der Waals surface area contributed by atoms with Gasteiger partial charge in [-0.3, -0.25) is 0 Å². The van der Waals surface area contributed by atoms with Crippen molar-refractivity contribution in [2.45, 2.75) is 32.4 Å². The highest BCUT2D eigenvalue weighted by molar-refractivity contribution is 5.35. The van der Waals surface area contributed by atoms with E-state index in [1.54, 1.807) is 6.07 Å². The zero-order chi connectivity index (χ0) is 12.5. The number of rotatable bonds is 3. The molecule has 98 valence electrons. The summed E-state index contributed by atoms with van der Waals surface area (Å²) in [5.41, 5.74) is 2.23. The first-order valence-electron chi connectivity index (χ1n) is 6.96. The number of hydrogen-bond donors (Lipinski definition) is 2. The first-order chi connectivity index (χ1) is 8.72. The first-order valence-corrected chi connectivity index (χ1v) is 6.96. The van der Waals surface area contributed by atoms with Crippen molar-refractivity contribution in [3.05, 3.63) is 29.3 Å². The standard InChI is InChI=1S/C15H22N2O/c1-11-2-3-15(18)13(8-11)9-16-14-10-17-6-4-12(14)5-7-17/h2-3,8,12,14,16,18H,4-7,9-10H2,1H3. The monoisotopic (exact) mass is 246 g/mol. The van der Waals surface area contributed by atoms with E-state index < -0.39 is 0 Å². The van der Waals surface area contributed by atoms with Crippen LogP contribution in [0, 0.1) is 12.8 Å². The molecule has 3 nitrogen and oxygen atoms in total. The van der Waals surface area contributed by atoms with Crippen LogP contribution in [0.4, 0.5) is 0 Å². The zero-order valence-electron chi connectivity index (χ0n) is 11.0. The number of fused-ring (bicyclic) bond motifs is 3. The summed E-state index contributed by atoms with van der Waals surface area (Å²) >= 11 is 0. The average molecular weight is 246 g/mol. The van der Waals surface area contributed by atoms with E-state index in [4.69, 9.17) is 0 Å². The second-order valence-corrected chi connectivity index (χ2v) is 5.76. The third kappa shape index (κ3) is 2.38. The van der Waals surface area contributed by atoms with Gasteiger partial charge < -0.3 is 15.3 Å². The molecular weight excluding hydrogens is 224 g/mol. The van der Waals surface area contributed by atoms with E-state index in [-0.39, 0.29) is 0 Å². The number of aromatic hydroxyl groups is 1. The maximum atomic E-state index is 9.85. The maximum Gasteiger partial charge on any atom is 0.120 e. The van der Waals surface area contributed by atoms with Crippen LogP contribution in [0.5, 0.6) is 5.75 Å². The lowest BCUT2D eigenvalue weighted by Gasteiger charge is -2.45. The van der Waals surface area contributed by atoms with Crippen molar-refractivity contribution >= 4 is 0 Å². The van der Waals surface area contributed by atoms with Gasteiger partial charge in [0, 0.05) is 24.7 Å². The topological polar surface area (TPSA) is 35.5 Å². The largest absolute Gasteiger partial charge is 0.508 e. The fourth-order valence-electron chi connectivity index (χ4n) is 3.29. The van der Waals surface area contributed by atoms with Gasteiger partial charge in [0.1, 0.15) is 5.75 Å². The minimum atomic E-state index is 0.411. The van der Waals surface area contributed by atoms with Gasteiger partial charge in [-0.2, -0.15) is 0 Å². The van der Waals surface area contributed by atoms with Crippen LogP contribution in [0.25, 0.3) is 0 Å². The van der Waals surface area contributed by atoms with Crippen molar-refractivity contribution in [2.75, 3.05) is 19.6 Å². The highest BCUT2D eigenvalue weighted by Gasteiger charge is 2.33. The van der Waals surface area contributed by atoms with Crippen molar-refractivity contribution < 1.29 is 5.11 Å². The molecule has 3 heterocycles. The Kier molecular flexibility index (Phi) is 3.27. The number of nitrogens with one attached hydrogen (secondary N) is 1. The third-order valence-electron chi connectivity index (χ3n) is 4.45. The Balaban J connectivity index is 1.62. The number of phenolic OH excluding ortho intramolecular Hbond substituents is 1. The van der Waals surface area contributed by atoms with E-state index in [2.05, 4.69) is 23.2 Å². The Morgan fingerprint density at radius 3 is 2.78 bits per heavy atom. The van der Waals surface area contributed by atoms with E-state index >= 15 is 0 Å². The molecule has 3 aliphatic rings. The fraction of sp³-hybridized carbons (Fsp3) is 0.600.